The molecular weight excluding hydrogens is 282 g/mol. The molecule has 0 bridgehead atoms. The summed E-state index contributed by atoms with van der Waals surface area (Å²) in [7, 11) is 2.97. The Bertz CT molecular complexity index is 411. The number of likely N-dealkylation sites (tertiary alicyclic amines) is 1. The van der Waals surface area contributed by atoms with Crippen LogP contribution in [0, 0.1) is 5.92 Å². The van der Waals surface area contributed by atoms with Gasteiger partial charge in [0.25, 0.3) is 0 Å². The van der Waals surface area contributed by atoms with Crippen molar-refractivity contribution in [3.63, 3.8) is 0 Å². The Morgan fingerprint density at radius 2 is 1.90 bits per heavy atom. The first-order valence-corrected chi connectivity index (χ1v) is 9.57. The van der Waals surface area contributed by atoms with Crippen LogP contribution in [0.25, 0.3) is 0 Å². The molecule has 1 atom stereocenters. The monoisotopic (exact) mass is 309 g/mol. The van der Waals surface area contributed by atoms with E-state index in [1.54, 1.807) is 14.2 Å². The van der Waals surface area contributed by atoms with Crippen LogP contribution in [0.15, 0.2) is 30.3 Å². The molecule has 1 fully saturated rings. The Morgan fingerprint density at radius 3 is 2.52 bits per heavy atom. The molecule has 118 valence electrons. The molecule has 1 aromatic rings. The minimum absolute atomic E-state index is 0.580. The van der Waals surface area contributed by atoms with Crippen molar-refractivity contribution < 1.29 is 13.3 Å². The molecule has 0 radical (unpaired) electrons. The predicted octanol–water partition coefficient (Wildman–Crippen LogP) is 2.36. The van der Waals surface area contributed by atoms with Gasteiger partial charge in [0.05, 0.1) is 0 Å². The fourth-order valence-electron chi connectivity index (χ4n) is 2.90. The molecule has 1 unspecified atom stereocenters. The second-order valence-corrected chi connectivity index (χ2v) is 8.66. The van der Waals surface area contributed by atoms with Gasteiger partial charge in [-0.1, -0.05) is 30.3 Å². The van der Waals surface area contributed by atoms with Gasteiger partial charge in [-0.05, 0) is 37.9 Å². The zero-order valence-corrected chi connectivity index (χ0v) is 14.4. The van der Waals surface area contributed by atoms with Crippen molar-refractivity contribution in [3.05, 3.63) is 35.9 Å². The zero-order valence-electron chi connectivity index (χ0n) is 13.4. The van der Waals surface area contributed by atoms with Gasteiger partial charge in [0.15, 0.2) is 0 Å². The van der Waals surface area contributed by atoms with Crippen LogP contribution in [-0.4, -0.2) is 54.7 Å². The molecule has 21 heavy (non-hydrogen) atoms. The second kappa shape index (κ2) is 8.05. The highest BCUT2D eigenvalue weighted by Gasteiger charge is 2.40. The first kappa shape index (κ1) is 16.6. The van der Waals surface area contributed by atoms with E-state index >= 15 is 0 Å². The number of hydrogen-bond acceptors (Lipinski definition) is 4. The van der Waals surface area contributed by atoms with E-state index in [1.165, 1.54) is 24.9 Å². The summed E-state index contributed by atoms with van der Waals surface area (Å²) >= 11 is 0. The minimum atomic E-state index is -2.61. The maximum absolute atomic E-state index is 6.19. The third-order valence-electron chi connectivity index (χ3n) is 4.15. The third-order valence-corrected chi connectivity index (χ3v) is 6.84. The molecule has 0 aromatic heterocycles. The van der Waals surface area contributed by atoms with Gasteiger partial charge in [0, 0.05) is 33.4 Å². The minimum Gasteiger partial charge on any atom is -0.377 e. The maximum Gasteiger partial charge on any atom is 0.505 e. The van der Waals surface area contributed by atoms with Crippen LogP contribution >= 0.6 is 0 Å². The Balaban J connectivity index is 1.94. The summed E-state index contributed by atoms with van der Waals surface area (Å²) in [5, 5.41) is 0. The molecule has 0 saturated carbocycles. The molecule has 5 heteroatoms. The van der Waals surface area contributed by atoms with Gasteiger partial charge in [-0.2, -0.15) is 0 Å². The molecule has 1 aromatic carbocycles. The van der Waals surface area contributed by atoms with E-state index in [9.17, 15) is 0 Å². The van der Waals surface area contributed by atoms with Crippen LogP contribution in [0.2, 0.25) is 0 Å². The topological polar surface area (TPSA) is 30.9 Å². The Hall–Kier alpha value is -0.723. The first-order valence-electron chi connectivity index (χ1n) is 7.64. The molecule has 0 N–H and O–H groups in total. The lowest BCUT2D eigenvalue weighted by atomic mass is 10.00. The smallest absolute Gasteiger partial charge is 0.377 e. The van der Waals surface area contributed by atoms with E-state index in [2.05, 4.69) is 24.1 Å². The van der Waals surface area contributed by atoms with Gasteiger partial charge in [-0.15, -0.1) is 0 Å². The van der Waals surface area contributed by atoms with Gasteiger partial charge in [-0.25, -0.2) is 0 Å². The van der Waals surface area contributed by atoms with Crippen LogP contribution in [-0.2, 0) is 19.3 Å². The number of hydrogen-bond donors (Lipinski definition) is 0. The highest BCUT2D eigenvalue weighted by atomic mass is 28.4. The molecule has 4 nitrogen and oxygen atoms in total. The zero-order chi connectivity index (χ0) is 15.1. The van der Waals surface area contributed by atoms with Gasteiger partial charge >= 0.3 is 8.80 Å². The molecule has 0 spiro atoms. The summed E-state index contributed by atoms with van der Waals surface area (Å²) in [5.74, 6) is 0.580. The van der Waals surface area contributed by atoms with Crippen LogP contribution in [0.1, 0.15) is 18.4 Å². The van der Waals surface area contributed by atoms with E-state index in [-0.39, 0.29) is 0 Å². The summed E-state index contributed by atoms with van der Waals surface area (Å²) in [6.07, 6.45) is 2.48. The molecule has 1 aliphatic rings. The molecule has 1 heterocycles. The molecule has 1 aliphatic heterocycles. The first-order chi connectivity index (χ1) is 10.2. The Labute approximate surface area is 129 Å². The number of rotatable bonds is 7. The normalized spacial score (nSPS) is 20.6. The van der Waals surface area contributed by atoms with Crippen LogP contribution < -0.4 is 0 Å². The average molecular weight is 309 g/mol. The quantitative estimate of drug-likeness (QED) is 0.724. The van der Waals surface area contributed by atoms with Crippen molar-refractivity contribution in [1.82, 2.24) is 4.90 Å². The van der Waals surface area contributed by atoms with Crippen LogP contribution in [0.3, 0.4) is 0 Å². The van der Waals surface area contributed by atoms with Gasteiger partial charge in [0.2, 0.25) is 0 Å². The van der Waals surface area contributed by atoms with E-state index in [0.717, 1.165) is 19.2 Å². The predicted molar refractivity (Wildman–Crippen MR) is 86.1 cm³/mol. The van der Waals surface area contributed by atoms with Crippen molar-refractivity contribution in [1.29, 1.82) is 0 Å². The van der Waals surface area contributed by atoms with Crippen molar-refractivity contribution >= 4 is 8.80 Å². The maximum atomic E-state index is 6.19. The van der Waals surface area contributed by atoms with Gasteiger partial charge in [-0.3, -0.25) is 0 Å². The van der Waals surface area contributed by atoms with E-state index in [1.807, 2.05) is 18.2 Å². The summed E-state index contributed by atoms with van der Waals surface area (Å²) in [6, 6.07) is 11.0. The average Bonchev–Trinajstić information content (AvgIpc) is 2.53. The van der Waals surface area contributed by atoms with Crippen molar-refractivity contribution in [2.45, 2.75) is 18.9 Å². The Kier molecular flexibility index (Phi) is 6.38. The van der Waals surface area contributed by atoms with Gasteiger partial charge in [0.1, 0.15) is 0 Å². The van der Waals surface area contributed by atoms with E-state index in [0.29, 0.717) is 5.92 Å². The highest BCUT2D eigenvalue weighted by Crippen LogP contribution is 2.20. The van der Waals surface area contributed by atoms with Crippen molar-refractivity contribution in [3.8, 4) is 0 Å². The number of benzene rings is 1. The molecule has 0 amide bonds. The Morgan fingerprint density at radius 1 is 1.19 bits per heavy atom. The standard InChI is InChI=1S/C16H27NO3Si/c1-17-11-7-10-16(12-17)13-20-21(18-2,19-3)14-15-8-5-4-6-9-15/h4-6,8-9,16H,7,10-14H2,1-3H3. The molecule has 2 rings (SSSR count). The lowest BCUT2D eigenvalue weighted by Gasteiger charge is -2.33. The largest absolute Gasteiger partial charge is 0.505 e. The van der Waals surface area contributed by atoms with Crippen molar-refractivity contribution in [2.24, 2.45) is 5.92 Å². The summed E-state index contributed by atoms with van der Waals surface area (Å²) < 4.78 is 17.6. The lowest BCUT2D eigenvalue weighted by molar-refractivity contribution is 0.0632. The number of nitrogens with zero attached hydrogens (tertiary/aromatic N) is 1. The lowest BCUT2D eigenvalue weighted by Crippen LogP contribution is -2.48. The van der Waals surface area contributed by atoms with Crippen LogP contribution in [0.5, 0.6) is 0 Å². The van der Waals surface area contributed by atoms with E-state index in [4.69, 9.17) is 13.3 Å². The molecular formula is C16H27NO3Si. The fourth-order valence-corrected chi connectivity index (χ4v) is 4.91. The fraction of sp³-hybridized carbons (Fsp3) is 0.625. The molecule has 1 saturated heterocycles. The van der Waals surface area contributed by atoms with E-state index < -0.39 is 8.80 Å². The van der Waals surface area contributed by atoms with Crippen molar-refractivity contribution in [2.75, 3.05) is 41.0 Å². The summed E-state index contributed by atoms with van der Waals surface area (Å²) in [4.78, 5) is 2.37. The van der Waals surface area contributed by atoms with Crippen LogP contribution in [0.4, 0.5) is 0 Å². The number of piperidine rings is 1. The highest BCUT2D eigenvalue weighted by molar-refractivity contribution is 6.60. The third kappa shape index (κ3) is 4.90. The van der Waals surface area contributed by atoms with Gasteiger partial charge < -0.3 is 18.2 Å². The summed E-state index contributed by atoms with van der Waals surface area (Å²) in [5.41, 5.74) is 1.20. The molecule has 0 aliphatic carbocycles. The second-order valence-electron chi connectivity index (χ2n) is 5.84. The SMILES string of the molecule is CO[Si](Cc1ccccc1)(OC)OCC1CCCN(C)C1. The summed E-state index contributed by atoms with van der Waals surface area (Å²) in [6.45, 7) is 3.02.